The van der Waals surface area contributed by atoms with Gasteiger partial charge >= 0.3 is 6.36 Å². The largest absolute Gasteiger partial charge is 0.573 e. The molecule has 3 rings (SSSR count). The summed E-state index contributed by atoms with van der Waals surface area (Å²) in [6.45, 7) is 1.93. The normalized spacial score (nSPS) is 18.2. The van der Waals surface area contributed by atoms with Crippen LogP contribution in [0.1, 0.15) is 29.2 Å². The third-order valence-electron chi connectivity index (χ3n) is 3.76. The first-order chi connectivity index (χ1) is 11.9. The lowest BCUT2D eigenvalue weighted by Gasteiger charge is -2.27. The molecule has 1 aliphatic rings. The fourth-order valence-corrected chi connectivity index (χ4v) is 2.69. The first kappa shape index (κ1) is 16.8. The predicted molar refractivity (Wildman–Crippen MR) is 84.4 cm³/mol. The van der Waals surface area contributed by atoms with Gasteiger partial charge in [0.15, 0.2) is 0 Å². The fraction of sp³-hybridized carbons (Fsp3) is 0.222. The van der Waals surface area contributed by atoms with Crippen LogP contribution >= 0.6 is 0 Å². The maximum atomic E-state index is 12.2. The van der Waals surface area contributed by atoms with E-state index in [0.717, 1.165) is 11.1 Å². The molecule has 0 radical (unpaired) electrons. The van der Waals surface area contributed by atoms with Crippen molar-refractivity contribution in [2.75, 3.05) is 0 Å². The van der Waals surface area contributed by atoms with Gasteiger partial charge in [-0.2, -0.15) is 10.3 Å². The van der Waals surface area contributed by atoms with Gasteiger partial charge in [-0.05, 0) is 36.8 Å². The summed E-state index contributed by atoms with van der Waals surface area (Å²) < 4.78 is 46.5. The van der Waals surface area contributed by atoms with E-state index >= 15 is 0 Å². The van der Waals surface area contributed by atoms with Crippen LogP contribution in [0.15, 0.2) is 47.5 Å². The van der Waals surface area contributed by atoms with E-state index in [4.69, 9.17) is 10.00 Å². The minimum Gasteiger partial charge on any atom is -0.485 e. The Morgan fingerprint density at radius 1 is 1.20 bits per heavy atom. The molecular formula is C18H13F3N2O2. The summed E-state index contributed by atoms with van der Waals surface area (Å²) in [5.74, 6) is 0.292. The molecule has 0 aromatic heterocycles. The Kier molecular flexibility index (Phi) is 4.36. The van der Waals surface area contributed by atoms with Crippen molar-refractivity contribution >= 4 is 5.71 Å². The highest BCUT2D eigenvalue weighted by atomic mass is 19.4. The number of ether oxygens (including phenoxy) is 2. The zero-order valence-corrected chi connectivity index (χ0v) is 13.2. The van der Waals surface area contributed by atoms with Gasteiger partial charge in [-0.1, -0.05) is 23.8 Å². The van der Waals surface area contributed by atoms with Crippen molar-refractivity contribution in [1.29, 1.82) is 5.26 Å². The van der Waals surface area contributed by atoms with Crippen LogP contribution in [0.2, 0.25) is 0 Å². The molecule has 1 aliphatic heterocycles. The van der Waals surface area contributed by atoms with Crippen LogP contribution in [0, 0.1) is 18.4 Å². The Morgan fingerprint density at radius 3 is 2.56 bits per heavy atom. The SMILES string of the molecule is Cc1ccc2c(c1)C(=NC#N)CC(c1ccc(OC(F)(F)F)cc1)O2. The molecule has 7 heteroatoms. The third kappa shape index (κ3) is 3.91. The van der Waals surface area contributed by atoms with Crippen LogP contribution in [0.5, 0.6) is 11.5 Å². The molecule has 0 amide bonds. The standard InChI is InChI=1S/C18H13F3N2O2/c1-11-2-7-16-14(8-11)15(23-10-22)9-17(24-16)12-3-5-13(6-4-12)25-18(19,20)21/h2-8,17H,9H2,1H3. The van der Waals surface area contributed by atoms with Crippen molar-refractivity contribution in [2.45, 2.75) is 25.8 Å². The number of alkyl halides is 3. The first-order valence-corrected chi connectivity index (χ1v) is 7.45. The molecule has 128 valence electrons. The summed E-state index contributed by atoms with van der Waals surface area (Å²) in [6, 6.07) is 11.1. The Labute approximate surface area is 142 Å². The summed E-state index contributed by atoms with van der Waals surface area (Å²) in [4.78, 5) is 3.88. The molecule has 2 aromatic carbocycles. The van der Waals surface area contributed by atoms with Crippen LogP contribution in [-0.4, -0.2) is 12.1 Å². The van der Waals surface area contributed by atoms with E-state index in [0.29, 0.717) is 23.4 Å². The van der Waals surface area contributed by atoms with E-state index in [1.807, 2.05) is 19.1 Å². The number of hydrogen-bond acceptors (Lipinski definition) is 4. The van der Waals surface area contributed by atoms with Gasteiger partial charge in [0.05, 0.1) is 5.71 Å². The molecule has 4 nitrogen and oxygen atoms in total. The van der Waals surface area contributed by atoms with Crippen LogP contribution < -0.4 is 9.47 Å². The average molecular weight is 346 g/mol. The zero-order chi connectivity index (χ0) is 18.0. The Morgan fingerprint density at radius 2 is 1.92 bits per heavy atom. The van der Waals surface area contributed by atoms with Crippen molar-refractivity contribution in [2.24, 2.45) is 4.99 Å². The van der Waals surface area contributed by atoms with Gasteiger partial charge in [-0.15, -0.1) is 13.2 Å². The number of hydrogen-bond donors (Lipinski definition) is 0. The lowest BCUT2D eigenvalue weighted by molar-refractivity contribution is -0.274. The van der Waals surface area contributed by atoms with E-state index in [2.05, 4.69) is 9.73 Å². The van der Waals surface area contributed by atoms with Gasteiger partial charge in [0.2, 0.25) is 6.19 Å². The summed E-state index contributed by atoms with van der Waals surface area (Å²) in [6.07, 6.45) is -3.03. The van der Waals surface area contributed by atoms with E-state index < -0.39 is 12.5 Å². The van der Waals surface area contributed by atoms with E-state index in [-0.39, 0.29) is 5.75 Å². The highest BCUT2D eigenvalue weighted by molar-refractivity contribution is 6.04. The Balaban J connectivity index is 1.88. The van der Waals surface area contributed by atoms with Crippen LogP contribution in [0.4, 0.5) is 13.2 Å². The number of rotatable bonds is 2. The van der Waals surface area contributed by atoms with E-state index in [1.165, 1.54) is 24.3 Å². The van der Waals surface area contributed by atoms with Gasteiger partial charge in [0.25, 0.3) is 0 Å². The molecule has 0 bridgehead atoms. The fourth-order valence-electron chi connectivity index (χ4n) is 2.69. The number of fused-ring (bicyclic) bond motifs is 1. The van der Waals surface area contributed by atoms with Crippen LogP contribution in [0.3, 0.4) is 0 Å². The van der Waals surface area contributed by atoms with Crippen molar-refractivity contribution in [3.05, 3.63) is 59.2 Å². The molecule has 2 aromatic rings. The van der Waals surface area contributed by atoms with Crippen molar-refractivity contribution in [1.82, 2.24) is 0 Å². The number of halogens is 3. The number of benzene rings is 2. The number of nitriles is 1. The zero-order valence-electron chi connectivity index (χ0n) is 13.2. The van der Waals surface area contributed by atoms with Crippen molar-refractivity contribution in [3.63, 3.8) is 0 Å². The molecule has 0 saturated carbocycles. The molecule has 1 heterocycles. The second-order valence-corrected chi connectivity index (χ2v) is 5.59. The highest BCUT2D eigenvalue weighted by Gasteiger charge is 2.31. The lowest BCUT2D eigenvalue weighted by Crippen LogP contribution is -2.21. The minimum absolute atomic E-state index is 0.297. The molecule has 0 N–H and O–H groups in total. The van der Waals surface area contributed by atoms with E-state index in [9.17, 15) is 13.2 Å². The van der Waals surface area contributed by atoms with E-state index in [1.54, 1.807) is 12.3 Å². The van der Waals surface area contributed by atoms with Gasteiger partial charge in [-0.25, -0.2) is 0 Å². The number of aliphatic imine (C=N–C) groups is 1. The quantitative estimate of drug-likeness (QED) is 0.742. The molecule has 0 saturated heterocycles. The van der Waals surface area contributed by atoms with Crippen LogP contribution in [-0.2, 0) is 0 Å². The predicted octanol–water partition coefficient (Wildman–Crippen LogP) is 4.69. The second kappa shape index (κ2) is 6.48. The molecule has 0 fully saturated rings. The number of aryl methyl sites for hydroxylation is 1. The average Bonchev–Trinajstić information content (AvgIpc) is 2.54. The minimum atomic E-state index is -4.73. The lowest BCUT2D eigenvalue weighted by atomic mass is 9.94. The molecular weight excluding hydrogens is 333 g/mol. The van der Waals surface area contributed by atoms with Gasteiger partial charge in [0.1, 0.15) is 17.6 Å². The third-order valence-corrected chi connectivity index (χ3v) is 3.76. The van der Waals surface area contributed by atoms with Gasteiger partial charge in [-0.3, -0.25) is 0 Å². The molecule has 0 aliphatic carbocycles. The highest BCUT2D eigenvalue weighted by Crippen LogP contribution is 2.36. The summed E-state index contributed by atoms with van der Waals surface area (Å²) >= 11 is 0. The Bertz CT molecular complexity index is 852. The monoisotopic (exact) mass is 346 g/mol. The first-order valence-electron chi connectivity index (χ1n) is 7.45. The van der Waals surface area contributed by atoms with Gasteiger partial charge < -0.3 is 9.47 Å². The Hall–Kier alpha value is -3.01. The maximum Gasteiger partial charge on any atom is 0.573 e. The molecule has 25 heavy (non-hydrogen) atoms. The number of nitrogens with zero attached hydrogens (tertiary/aromatic N) is 2. The molecule has 1 atom stereocenters. The van der Waals surface area contributed by atoms with Crippen molar-refractivity contribution < 1.29 is 22.6 Å². The summed E-state index contributed by atoms with van der Waals surface area (Å²) in [5, 5.41) is 8.91. The summed E-state index contributed by atoms with van der Waals surface area (Å²) in [7, 11) is 0. The molecule has 1 unspecified atom stereocenters. The van der Waals surface area contributed by atoms with Crippen LogP contribution in [0.25, 0.3) is 0 Å². The van der Waals surface area contributed by atoms with Crippen molar-refractivity contribution in [3.8, 4) is 17.7 Å². The topological polar surface area (TPSA) is 54.6 Å². The second-order valence-electron chi connectivity index (χ2n) is 5.59. The molecule has 0 spiro atoms. The summed E-state index contributed by atoms with van der Waals surface area (Å²) in [5.41, 5.74) is 3.04. The smallest absolute Gasteiger partial charge is 0.485 e. The maximum absolute atomic E-state index is 12.2. The van der Waals surface area contributed by atoms with Gasteiger partial charge in [0, 0.05) is 12.0 Å².